The molecule has 1 unspecified atom stereocenters. The van der Waals surface area contributed by atoms with Gasteiger partial charge in [-0.3, -0.25) is 14.4 Å². The molecule has 0 radical (unpaired) electrons. The van der Waals surface area contributed by atoms with Gasteiger partial charge in [0.25, 0.3) is 0 Å². The van der Waals surface area contributed by atoms with Gasteiger partial charge in [0.2, 0.25) is 0 Å². The molecule has 77 heavy (non-hydrogen) atoms. The van der Waals surface area contributed by atoms with Crippen molar-refractivity contribution in [2.75, 3.05) is 13.2 Å². The number of allylic oxidation sites excluding steroid dienone is 20. The van der Waals surface area contributed by atoms with Gasteiger partial charge in [-0.25, -0.2) is 0 Å². The molecule has 0 rings (SSSR count). The first-order chi connectivity index (χ1) is 38.0. The largest absolute Gasteiger partial charge is 0.462 e. The third-order valence-corrected chi connectivity index (χ3v) is 13.5. The summed E-state index contributed by atoms with van der Waals surface area (Å²) >= 11 is 0. The predicted octanol–water partition coefficient (Wildman–Crippen LogP) is 22.0. The lowest BCUT2D eigenvalue weighted by molar-refractivity contribution is -0.167. The van der Waals surface area contributed by atoms with E-state index in [2.05, 4.69) is 142 Å². The fourth-order valence-electron chi connectivity index (χ4n) is 8.67. The highest BCUT2D eigenvalue weighted by atomic mass is 16.6. The minimum absolute atomic E-state index is 0.0878. The summed E-state index contributed by atoms with van der Waals surface area (Å²) in [6, 6.07) is 0. The van der Waals surface area contributed by atoms with Crippen LogP contribution in [0.2, 0.25) is 0 Å². The van der Waals surface area contributed by atoms with Gasteiger partial charge in [-0.05, 0) is 116 Å². The van der Waals surface area contributed by atoms with Gasteiger partial charge in [0.15, 0.2) is 6.10 Å². The van der Waals surface area contributed by atoms with Crippen LogP contribution < -0.4 is 0 Å². The molecule has 0 bridgehead atoms. The fraction of sp³-hybridized carbons (Fsp3) is 0.676. The lowest BCUT2D eigenvalue weighted by Gasteiger charge is -2.18. The monoisotopic (exact) mass is 1070 g/mol. The van der Waals surface area contributed by atoms with Crippen molar-refractivity contribution >= 4 is 17.9 Å². The maximum atomic E-state index is 12.9. The molecule has 0 aromatic rings. The van der Waals surface area contributed by atoms with Gasteiger partial charge < -0.3 is 14.2 Å². The summed E-state index contributed by atoms with van der Waals surface area (Å²) in [5, 5.41) is 0. The van der Waals surface area contributed by atoms with E-state index >= 15 is 0 Å². The first-order valence-corrected chi connectivity index (χ1v) is 32.0. The summed E-state index contributed by atoms with van der Waals surface area (Å²) in [6.07, 6.45) is 89.1. The Morgan fingerprint density at radius 3 is 0.818 bits per heavy atom. The van der Waals surface area contributed by atoms with E-state index < -0.39 is 6.10 Å². The van der Waals surface area contributed by atoms with Crippen molar-refractivity contribution in [2.24, 2.45) is 0 Å². The Labute approximate surface area is 475 Å². The minimum Gasteiger partial charge on any atom is -0.462 e. The Balaban J connectivity index is 4.35. The Bertz CT molecular complexity index is 1600. The van der Waals surface area contributed by atoms with Crippen LogP contribution in [0.3, 0.4) is 0 Å². The molecule has 1 atom stereocenters. The summed E-state index contributed by atoms with van der Waals surface area (Å²) in [4.78, 5) is 38.2. The smallest absolute Gasteiger partial charge is 0.306 e. The Morgan fingerprint density at radius 1 is 0.273 bits per heavy atom. The zero-order chi connectivity index (χ0) is 55.7. The molecular weight excluding hydrogens is 949 g/mol. The van der Waals surface area contributed by atoms with Gasteiger partial charge in [-0.2, -0.15) is 0 Å². The molecule has 0 aliphatic rings. The molecule has 0 N–H and O–H groups in total. The molecule has 0 fully saturated rings. The van der Waals surface area contributed by atoms with Gasteiger partial charge in [-0.15, -0.1) is 0 Å². The average molecular weight is 1070 g/mol. The highest BCUT2D eigenvalue weighted by Crippen LogP contribution is 2.15. The topological polar surface area (TPSA) is 78.9 Å². The van der Waals surface area contributed by atoms with E-state index in [0.29, 0.717) is 19.3 Å². The van der Waals surface area contributed by atoms with Crippen molar-refractivity contribution in [2.45, 2.75) is 297 Å². The van der Waals surface area contributed by atoms with Gasteiger partial charge in [0, 0.05) is 19.3 Å². The van der Waals surface area contributed by atoms with Crippen LogP contribution in [-0.2, 0) is 28.6 Å². The molecule has 0 heterocycles. The Morgan fingerprint density at radius 2 is 0.506 bits per heavy atom. The number of esters is 3. The standard InChI is InChI=1S/C71H118O6/c1-4-7-10-13-16-19-22-24-26-28-30-31-32-33-34-35-36-37-38-39-41-42-44-46-49-52-55-58-61-64-70(73)76-67-68(66-75-69(72)63-60-57-54-51-48-21-18-15-12-9-6-3)77-71(74)65-62-59-56-53-50-47-45-43-40-29-27-25-23-20-17-14-11-8-5-2/h7,10,16-17,19-20,24-27,30-31,33-34,36-37,39,41,44,46,68H,4-6,8-9,11-15,18,21-23,28-29,32,35,38,40,42-43,45,47-67H2,1-3H3/b10-7-,19-16-,20-17-,26-24-,27-25-,31-30-,34-33-,37-36-,41-39-,46-44-. The van der Waals surface area contributed by atoms with E-state index in [1.54, 1.807) is 0 Å². The predicted molar refractivity (Wildman–Crippen MR) is 334 cm³/mol. The number of carbonyl (C=O) groups is 3. The number of rotatable bonds is 57. The summed E-state index contributed by atoms with van der Waals surface area (Å²) in [6.45, 7) is 6.48. The second kappa shape index (κ2) is 64.3. The fourth-order valence-corrected chi connectivity index (χ4v) is 8.67. The van der Waals surface area contributed by atoms with Crippen LogP contribution in [0, 0.1) is 0 Å². The highest BCUT2D eigenvalue weighted by molar-refractivity contribution is 5.71. The highest BCUT2D eigenvalue weighted by Gasteiger charge is 2.19. The van der Waals surface area contributed by atoms with Crippen molar-refractivity contribution in [3.63, 3.8) is 0 Å². The molecule has 0 amide bonds. The summed E-state index contributed by atoms with van der Waals surface area (Å²) in [5.74, 6) is -0.914. The Kier molecular flexibility index (Phi) is 60.8. The molecular formula is C71H118O6. The number of ether oxygens (including phenoxy) is 3. The first-order valence-electron chi connectivity index (χ1n) is 32.0. The number of hydrogen-bond donors (Lipinski definition) is 0. The second-order valence-corrected chi connectivity index (χ2v) is 20.9. The number of carbonyl (C=O) groups excluding carboxylic acids is 3. The zero-order valence-corrected chi connectivity index (χ0v) is 50.2. The normalized spacial score (nSPS) is 12.9. The second-order valence-electron chi connectivity index (χ2n) is 20.9. The molecule has 438 valence electrons. The van der Waals surface area contributed by atoms with Crippen molar-refractivity contribution in [3.8, 4) is 0 Å². The van der Waals surface area contributed by atoms with Crippen LogP contribution in [-0.4, -0.2) is 37.2 Å². The maximum Gasteiger partial charge on any atom is 0.306 e. The lowest BCUT2D eigenvalue weighted by Crippen LogP contribution is -2.30. The van der Waals surface area contributed by atoms with Gasteiger partial charge in [-0.1, -0.05) is 277 Å². The molecule has 0 spiro atoms. The van der Waals surface area contributed by atoms with Crippen molar-refractivity contribution < 1.29 is 28.6 Å². The van der Waals surface area contributed by atoms with Crippen LogP contribution in [0.25, 0.3) is 0 Å². The molecule has 0 saturated heterocycles. The van der Waals surface area contributed by atoms with Gasteiger partial charge >= 0.3 is 17.9 Å². The third-order valence-electron chi connectivity index (χ3n) is 13.5. The summed E-state index contributed by atoms with van der Waals surface area (Å²) in [7, 11) is 0. The SMILES string of the molecule is CC/C=C\C/C=C\C/C=C\C/C=C\C/C=C\C/C=C\C/C=C\C/C=C\CCCCCCC(=O)OCC(COC(=O)CCCCCCCCCCCCC)OC(=O)CCCCCCCCCCC/C=C\C/C=C\CCCCC. The van der Waals surface area contributed by atoms with Crippen LogP contribution in [0.1, 0.15) is 290 Å². The maximum absolute atomic E-state index is 12.9. The van der Waals surface area contributed by atoms with E-state index in [-0.39, 0.29) is 31.1 Å². The average Bonchev–Trinajstić information content (AvgIpc) is 3.43. The number of hydrogen-bond acceptors (Lipinski definition) is 6. The van der Waals surface area contributed by atoms with E-state index in [0.717, 1.165) is 128 Å². The molecule has 0 aromatic heterocycles. The van der Waals surface area contributed by atoms with Gasteiger partial charge in [0.1, 0.15) is 13.2 Å². The van der Waals surface area contributed by atoms with Crippen molar-refractivity contribution in [1.29, 1.82) is 0 Å². The minimum atomic E-state index is -0.793. The van der Waals surface area contributed by atoms with Crippen LogP contribution in [0.4, 0.5) is 0 Å². The van der Waals surface area contributed by atoms with Crippen LogP contribution in [0.5, 0.6) is 0 Å². The van der Waals surface area contributed by atoms with Crippen molar-refractivity contribution in [3.05, 3.63) is 122 Å². The van der Waals surface area contributed by atoms with Crippen LogP contribution >= 0.6 is 0 Å². The Hall–Kier alpha value is -4.19. The summed E-state index contributed by atoms with van der Waals surface area (Å²) < 4.78 is 16.9. The zero-order valence-electron chi connectivity index (χ0n) is 50.2. The molecule has 0 aliphatic carbocycles. The van der Waals surface area contributed by atoms with E-state index in [1.807, 2.05) is 0 Å². The quantitative estimate of drug-likeness (QED) is 0.0261. The molecule has 6 heteroatoms. The first kappa shape index (κ1) is 72.8. The van der Waals surface area contributed by atoms with E-state index in [9.17, 15) is 14.4 Å². The van der Waals surface area contributed by atoms with Gasteiger partial charge in [0.05, 0.1) is 0 Å². The summed E-state index contributed by atoms with van der Waals surface area (Å²) in [5.41, 5.74) is 0. The molecule has 0 saturated carbocycles. The molecule has 0 aliphatic heterocycles. The lowest BCUT2D eigenvalue weighted by atomic mass is 10.1. The van der Waals surface area contributed by atoms with E-state index in [4.69, 9.17) is 14.2 Å². The molecule has 6 nitrogen and oxygen atoms in total. The van der Waals surface area contributed by atoms with E-state index in [1.165, 1.54) is 122 Å². The third kappa shape index (κ3) is 62.5. The number of unbranched alkanes of at least 4 members (excludes halogenated alkanes) is 26. The van der Waals surface area contributed by atoms with Crippen LogP contribution in [0.15, 0.2) is 122 Å². The molecule has 0 aromatic carbocycles. The van der Waals surface area contributed by atoms with Crippen molar-refractivity contribution in [1.82, 2.24) is 0 Å².